The lowest BCUT2D eigenvalue weighted by atomic mass is 10.00. The van der Waals surface area contributed by atoms with Crippen LogP contribution in [-0.4, -0.2) is 33.5 Å². The average molecular weight is 293 g/mol. The van der Waals surface area contributed by atoms with Crippen molar-refractivity contribution < 1.29 is 4.92 Å². The minimum absolute atomic E-state index is 0.00782. The number of anilines is 2. The predicted molar refractivity (Wildman–Crippen MR) is 82.7 cm³/mol. The number of piperidine rings is 1. The Morgan fingerprint density at radius 2 is 2.24 bits per heavy atom. The molecule has 0 spiro atoms. The van der Waals surface area contributed by atoms with Gasteiger partial charge in [0.2, 0.25) is 11.6 Å². The molecule has 21 heavy (non-hydrogen) atoms. The summed E-state index contributed by atoms with van der Waals surface area (Å²) in [6, 6.07) is 0.397. The van der Waals surface area contributed by atoms with Gasteiger partial charge in [0, 0.05) is 18.6 Å². The molecule has 1 aliphatic heterocycles. The molecule has 7 nitrogen and oxygen atoms in total. The molecule has 1 unspecified atom stereocenters. The SMILES string of the molecule is CCC1CCCCN1c1ncnc(NC(C)C)c1[N+](=O)[O-]. The number of hydrogen-bond acceptors (Lipinski definition) is 6. The summed E-state index contributed by atoms with van der Waals surface area (Å²) >= 11 is 0. The van der Waals surface area contributed by atoms with Crippen molar-refractivity contribution in [3.8, 4) is 0 Å². The molecule has 1 aliphatic rings. The van der Waals surface area contributed by atoms with Gasteiger partial charge in [0.25, 0.3) is 0 Å². The van der Waals surface area contributed by atoms with Crippen LogP contribution in [0.15, 0.2) is 6.33 Å². The van der Waals surface area contributed by atoms with E-state index in [0.717, 1.165) is 25.8 Å². The first kappa shape index (κ1) is 15.5. The molecule has 0 amide bonds. The molecular formula is C14H23N5O2. The Labute approximate surface area is 124 Å². The summed E-state index contributed by atoms with van der Waals surface area (Å²) in [5.41, 5.74) is -0.00782. The maximum absolute atomic E-state index is 11.5. The van der Waals surface area contributed by atoms with Crippen LogP contribution in [0.2, 0.25) is 0 Å². The van der Waals surface area contributed by atoms with E-state index in [-0.39, 0.29) is 16.7 Å². The number of rotatable bonds is 5. The van der Waals surface area contributed by atoms with Crippen LogP contribution >= 0.6 is 0 Å². The second-order valence-electron chi connectivity index (χ2n) is 5.70. The van der Waals surface area contributed by atoms with Gasteiger partial charge in [-0.05, 0) is 39.5 Å². The fourth-order valence-corrected chi connectivity index (χ4v) is 2.83. The van der Waals surface area contributed by atoms with Gasteiger partial charge in [-0.15, -0.1) is 0 Å². The van der Waals surface area contributed by atoms with Crippen molar-refractivity contribution in [1.82, 2.24) is 9.97 Å². The first-order valence-electron chi connectivity index (χ1n) is 7.57. The summed E-state index contributed by atoms with van der Waals surface area (Å²) in [6.45, 7) is 6.79. The normalized spacial score (nSPS) is 18.9. The van der Waals surface area contributed by atoms with Gasteiger partial charge >= 0.3 is 5.69 Å². The lowest BCUT2D eigenvalue weighted by molar-refractivity contribution is -0.383. The Balaban J connectivity index is 2.44. The number of aromatic nitrogens is 2. The van der Waals surface area contributed by atoms with E-state index in [1.54, 1.807) is 0 Å². The molecule has 1 N–H and O–H groups in total. The molecule has 7 heteroatoms. The van der Waals surface area contributed by atoms with Gasteiger partial charge in [-0.2, -0.15) is 0 Å². The van der Waals surface area contributed by atoms with E-state index in [9.17, 15) is 10.1 Å². The molecule has 0 aromatic carbocycles. The molecule has 116 valence electrons. The van der Waals surface area contributed by atoms with Crippen LogP contribution in [0.25, 0.3) is 0 Å². The number of nitrogens with zero attached hydrogens (tertiary/aromatic N) is 4. The molecule has 1 atom stereocenters. The average Bonchev–Trinajstić information content (AvgIpc) is 2.46. The first-order valence-corrected chi connectivity index (χ1v) is 7.57. The summed E-state index contributed by atoms with van der Waals surface area (Å²) in [5, 5.41) is 14.6. The summed E-state index contributed by atoms with van der Waals surface area (Å²) in [7, 11) is 0. The first-order chi connectivity index (χ1) is 10.0. The monoisotopic (exact) mass is 293 g/mol. The predicted octanol–water partition coefficient (Wildman–Crippen LogP) is 2.97. The fourth-order valence-electron chi connectivity index (χ4n) is 2.83. The van der Waals surface area contributed by atoms with Crippen LogP contribution in [0.3, 0.4) is 0 Å². The van der Waals surface area contributed by atoms with Crippen LogP contribution in [0, 0.1) is 10.1 Å². The van der Waals surface area contributed by atoms with Gasteiger partial charge < -0.3 is 10.2 Å². The summed E-state index contributed by atoms with van der Waals surface area (Å²) in [4.78, 5) is 21.5. The zero-order valence-corrected chi connectivity index (χ0v) is 12.9. The van der Waals surface area contributed by atoms with Gasteiger partial charge in [0.05, 0.1) is 4.92 Å². The van der Waals surface area contributed by atoms with Crippen molar-refractivity contribution in [1.29, 1.82) is 0 Å². The minimum atomic E-state index is -0.374. The largest absolute Gasteiger partial charge is 0.362 e. The third kappa shape index (κ3) is 3.40. The molecule has 0 bridgehead atoms. The van der Waals surface area contributed by atoms with Crippen LogP contribution in [-0.2, 0) is 0 Å². The standard InChI is InChI=1S/C14H23N5O2/c1-4-11-7-5-6-8-18(11)14-12(19(20)21)13(15-9-16-14)17-10(2)3/h9-11H,4-8H2,1-3H3,(H,15,16,17). The summed E-state index contributed by atoms with van der Waals surface area (Å²) in [5.74, 6) is 0.755. The molecular weight excluding hydrogens is 270 g/mol. The molecule has 2 heterocycles. The van der Waals surface area contributed by atoms with E-state index in [0.29, 0.717) is 17.7 Å². The second-order valence-corrected chi connectivity index (χ2v) is 5.70. The number of nitro groups is 1. The fraction of sp³-hybridized carbons (Fsp3) is 0.714. The topological polar surface area (TPSA) is 84.2 Å². The van der Waals surface area contributed by atoms with Crippen LogP contribution in [0.1, 0.15) is 46.5 Å². The van der Waals surface area contributed by atoms with E-state index in [1.165, 1.54) is 12.7 Å². The second kappa shape index (κ2) is 6.69. The lowest BCUT2D eigenvalue weighted by Crippen LogP contribution is -2.40. The Bertz CT molecular complexity index is 506. The maximum Gasteiger partial charge on any atom is 0.353 e. The quantitative estimate of drug-likeness (QED) is 0.663. The van der Waals surface area contributed by atoms with Crippen molar-refractivity contribution in [2.45, 2.75) is 58.5 Å². The van der Waals surface area contributed by atoms with E-state index < -0.39 is 0 Å². The highest BCUT2D eigenvalue weighted by Crippen LogP contribution is 2.35. The van der Waals surface area contributed by atoms with Gasteiger partial charge in [-0.25, -0.2) is 9.97 Å². The van der Waals surface area contributed by atoms with Crippen molar-refractivity contribution in [2.24, 2.45) is 0 Å². The van der Waals surface area contributed by atoms with Gasteiger partial charge in [0.1, 0.15) is 6.33 Å². The third-order valence-corrected chi connectivity index (χ3v) is 3.78. The Hall–Kier alpha value is -1.92. The molecule has 1 aromatic heterocycles. The van der Waals surface area contributed by atoms with Crippen LogP contribution in [0.5, 0.6) is 0 Å². The van der Waals surface area contributed by atoms with Crippen molar-refractivity contribution in [3.63, 3.8) is 0 Å². The Morgan fingerprint density at radius 3 is 2.86 bits per heavy atom. The molecule has 0 radical (unpaired) electrons. The highest BCUT2D eigenvalue weighted by molar-refractivity contribution is 5.70. The van der Waals surface area contributed by atoms with Crippen molar-refractivity contribution in [3.05, 3.63) is 16.4 Å². The van der Waals surface area contributed by atoms with Crippen molar-refractivity contribution >= 4 is 17.3 Å². The molecule has 0 aliphatic carbocycles. The molecule has 0 saturated carbocycles. The smallest absolute Gasteiger partial charge is 0.353 e. The highest BCUT2D eigenvalue weighted by Gasteiger charge is 2.31. The maximum atomic E-state index is 11.5. The van der Waals surface area contributed by atoms with Gasteiger partial charge in [0.15, 0.2) is 0 Å². The van der Waals surface area contributed by atoms with Crippen LogP contribution < -0.4 is 10.2 Å². The molecule has 1 saturated heterocycles. The number of hydrogen-bond donors (Lipinski definition) is 1. The Kier molecular flexibility index (Phi) is 4.93. The summed E-state index contributed by atoms with van der Waals surface area (Å²) < 4.78 is 0. The van der Waals surface area contributed by atoms with E-state index in [2.05, 4.69) is 27.1 Å². The zero-order chi connectivity index (χ0) is 15.4. The van der Waals surface area contributed by atoms with Crippen LogP contribution in [0.4, 0.5) is 17.3 Å². The van der Waals surface area contributed by atoms with Crippen molar-refractivity contribution in [2.75, 3.05) is 16.8 Å². The Morgan fingerprint density at radius 1 is 1.48 bits per heavy atom. The van der Waals surface area contributed by atoms with E-state index in [4.69, 9.17) is 0 Å². The third-order valence-electron chi connectivity index (χ3n) is 3.78. The molecule has 1 aromatic rings. The van der Waals surface area contributed by atoms with E-state index >= 15 is 0 Å². The summed E-state index contributed by atoms with van der Waals surface area (Å²) in [6.07, 6.45) is 5.66. The lowest BCUT2D eigenvalue weighted by Gasteiger charge is -2.35. The molecule has 1 fully saturated rings. The van der Waals surface area contributed by atoms with Gasteiger partial charge in [-0.3, -0.25) is 10.1 Å². The zero-order valence-electron chi connectivity index (χ0n) is 12.9. The number of nitrogens with one attached hydrogen (secondary N) is 1. The minimum Gasteiger partial charge on any atom is -0.362 e. The van der Waals surface area contributed by atoms with E-state index in [1.807, 2.05) is 13.8 Å². The van der Waals surface area contributed by atoms with Gasteiger partial charge in [-0.1, -0.05) is 6.92 Å². The molecule has 2 rings (SSSR count). The highest BCUT2D eigenvalue weighted by atomic mass is 16.6.